The summed E-state index contributed by atoms with van der Waals surface area (Å²) in [4.78, 5) is 16.0. The first-order chi connectivity index (χ1) is 15.1. The van der Waals surface area contributed by atoms with Crippen molar-refractivity contribution in [2.75, 3.05) is 0 Å². The van der Waals surface area contributed by atoms with Crippen LogP contribution in [-0.4, -0.2) is 17.1 Å². The Balaban J connectivity index is 1.37. The fourth-order valence-corrected chi connectivity index (χ4v) is 3.89. The van der Waals surface area contributed by atoms with E-state index in [1.54, 1.807) is 18.3 Å². The predicted molar refractivity (Wildman–Crippen MR) is 132 cm³/mol. The highest BCUT2D eigenvalue weighted by Gasteiger charge is 2.09. The van der Waals surface area contributed by atoms with Crippen LogP contribution in [0.15, 0.2) is 84.1 Å². The molecule has 0 aliphatic carbocycles. The summed E-state index contributed by atoms with van der Waals surface area (Å²) in [6.07, 6.45) is 3.09. The quantitative estimate of drug-likeness (QED) is 0.144. The second kappa shape index (κ2) is 9.89. The van der Waals surface area contributed by atoms with Crippen molar-refractivity contribution in [2.24, 2.45) is 5.10 Å². The minimum absolute atomic E-state index is 0.137. The van der Waals surface area contributed by atoms with E-state index in [2.05, 4.69) is 68.4 Å². The minimum atomic E-state index is -0.417. The Morgan fingerprint density at radius 2 is 1.90 bits per heavy atom. The number of halogens is 2. The first kappa shape index (κ1) is 21.3. The number of hydrogen-bond donors (Lipinski definition) is 1. The molecule has 0 saturated carbocycles. The monoisotopic (exact) mass is 541 g/mol. The number of amides is 1. The number of nitrogens with one attached hydrogen (secondary N) is 1. The molecular weight excluding hydrogens is 525 g/mol. The molecule has 0 saturated heterocycles. The zero-order chi connectivity index (χ0) is 21.6. The zero-order valence-corrected chi connectivity index (χ0v) is 19.2. The standard InChI is InChI=1S/C24H17ClIN3O2/c25-23-20(6-3-11-27-23)24(30)29-28-14-16-8-10-22(21(26)13-16)31-15-17-7-9-18-4-1-2-5-19(18)12-17/h1-14H,15H2,(H,29,30). The third kappa shape index (κ3) is 5.39. The number of pyridine rings is 1. The van der Waals surface area contributed by atoms with Crippen LogP contribution in [0, 0.1) is 3.57 Å². The van der Waals surface area contributed by atoms with Crippen molar-refractivity contribution in [3.8, 4) is 5.75 Å². The maximum Gasteiger partial charge on any atom is 0.274 e. The summed E-state index contributed by atoms with van der Waals surface area (Å²) in [5.41, 5.74) is 4.67. The number of hydrogen-bond acceptors (Lipinski definition) is 4. The maximum atomic E-state index is 12.1. The van der Waals surface area contributed by atoms with Crippen molar-refractivity contribution in [2.45, 2.75) is 6.61 Å². The van der Waals surface area contributed by atoms with Crippen molar-refractivity contribution in [1.29, 1.82) is 0 Å². The summed E-state index contributed by atoms with van der Waals surface area (Å²) in [7, 11) is 0. The summed E-state index contributed by atoms with van der Waals surface area (Å²) in [5, 5.41) is 6.54. The summed E-state index contributed by atoms with van der Waals surface area (Å²) in [5.74, 6) is 0.372. The number of carbonyl (C=O) groups excluding carboxylic acids is 1. The molecule has 31 heavy (non-hydrogen) atoms. The van der Waals surface area contributed by atoms with Crippen LogP contribution in [0.5, 0.6) is 5.75 Å². The fourth-order valence-electron chi connectivity index (χ4n) is 2.99. The van der Waals surface area contributed by atoms with Crippen LogP contribution in [0.3, 0.4) is 0 Å². The molecule has 4 rings (SSSR count). The lowest BCUT2D eigenvalue weighted by Gasteiger charge is -2.10. The van der Waals surface area contributed by atoms with E-state index in [0.29, 0.717) is 6.61 Å². The first-order valence-electron chi connectivity index (χ1n) is 9.44. The molecule has 0 aliphatic rings. The molecule has 0 atom stereocenters. The lowest BCUT2D eigenvalue weighted by atomic mass is 10.1. The van der Waals surface area contributed by atoms with Gasteiger partial charge in [0.15, 0.2) is 0 Å². The van der Waals surface area contributed by atoms with E-state index in [-0.39, 0.29) is 10.7 Å². The predicted octanol–water partition coefficient (Wildman–Crippen LogP) is 5.84. The molecule has 1 amide bonds. The molecule has 1 N–H and O–H groups in total. The van der Waals surface area contributed by atoms with Gasteiger partial charge in [-0.2, -0.15) is 5.10 Å². The average Bonchev–Trinajstić information content (AvgIpc) is 2.78. The van der Waals surface area contributed by atoms with E-state index < -0.39 is 5.91 Å². The first-order valence-corrected chi connectivity index (χ1v) is 10.9. The van der Waals surface area contributed by atoms with Crippen molar-refractivity contribution in [1.82, 2.24) is 10.4 Å². The number of hydrazone groups is 1. The van der Waals surface area contributed by atoms with Gasteiger partial charge in [0.2, 0.25) is 0 Å². The van der Waals surface area contributed by atoms with Gasteiger partial charge in [-0.3, -0.25) is 4.79 Å². The third-order valence-corrected chi connectivity index (χ3v) is 5.69. The van der Waals surface area contributed by atoms with Crippen molar-refractivity contribution in [3.63, 3.8) is 0 Å². The Morgan fingerprint density at radius 1 is 1.06 bits per heavy atom. The molecule has 154 valence electrons. The van der Waals surface area contributed by atoms with Gasteiger partial charge in [0.1, 0.15) is 17.5 Å². The highest BCUT2D eigenvalue weighted by Crippen LogP contribution is 2.23. The van der Waals surface area contributed by atoms with Gasteiger partial charge in [-0.05, 0) is 80.9 Å². The van der Waals surface area contributed by atoms with Crippen LogP contribution in [0.25, 0.3) is 10.8 Å². The number of rotatable bonds is 6. The summed E-state index contributed by atoms with van der Waals surface area (Å²) >= 11 is 8.14. The summed E-state index contributed by atoms with van der Waals surface area (Å²) < 4.78 is 6.95. The van der Waals surface area contributed by atoms with E-state index in [0.717, 1.165) is 20.4 Å². The van der Waals surface area contributed by atoms with E-state index in [9.17, 15) is 4.79 Å². The summed E-state index contributed by atoms with van der Waals surface area (Å²) in [6, 6.07) is 23.5. The van der Waals surface area contributed by atoms with Gasteiger partial charge in [0, 0.05) is 6.20 Å². The Hall–Kier alpha value is -2.97. The van der Waals surface area contributed by atoms with Gasteiger partial charge in [0.05, 0.1) is 15.3 Å². The van der Waals surface area contributed by atoms with Gasteiger partial charge in [-0.15, -0.1) is 0 Å². The van der Waals surface area contributed by atoms with Crippen LogP contribution < -0.4 is 10.2 Å². The molecule has 0 radical (unpaired) electrons. The summed E-state index contributed by atoms with van der Waals surface area (Å²) in [6.45, 7) is 0.482. The molecule has 0 aliphatic heterocycles. The van der Waals surface area contributed by atoms with Crippen molar-refractivity contribution >= 4 is 57.1 Å². The molecule has 1 heterocycles. The van der Waals surface area contributed by atoms with Crippen molar-refractivity contribution < 1.29 is 9.53 Å². The molecule has 3 aromatic carbocycles. The van der Waals surface area contributed by atoms with Crippen LogP contribution in [0.4, 0.5) is 0 Å². The molecule has 0 fully saturated rings. The Kier molecular flexibility index (Phi) is 6.79. The van der Waals surface area contributed by atoms with Gasteiger partial charge in [-0.1, -0.05) is 48.0 Å². The van der Waals surface area contributed by atoms with Gasteiger partial charge < -0.3 is 4.74 Å². The normalized spacial score (nSPS) is 11.0. The highest BCUT2D eigenvalue weighted by molar-refractivity contribution is 14.1. The average molecular weight is 542 g/mol. The number of nitrogens with zero attached hydrogens (tertiary/aromatic N) is 2. The van der Waals surface area contributed by atoms with Gasteiger partial charge in [-0.25, -0.2) is 10.4 Å². The molecule has 0 bridgehead atoms. The second-order valence-corrected chi connectivity index (χ2v) is 8.22. The van der Waals surface area contributed by atoms with Crippen LogP contribution in [-0.2, 0) is 6.61 Å². The molecule has 5 nitrogen and oxygen atoms in total. The van der Waals surface area contributed by atoms with Gasteiger partial charge >= 0.3 is 0 Å². The van der Waals surface area contributed by atoms with Crippen LogP contribution in [0.2, 0.25) is 5.15 Å². The number of benzene rings is 3. The SMILES string of the molecule is O=C(NN=Cc1ccc(OCc2ccc3ccccc3c2)c(I)c1)c1cccnc1Cl. The number of aromatic nitrogens is 1. The highest BCUT2D eigenvalue weighted by atomic mass is 127. The number of fused-ring (bicyclic) bond motifs is 1. The molecule has 7 heteroatoms. The minimum Gasteiger partial charge on any atom is -0.488 e. The lowest BCUT2D eigenvalue weighted by Crippen LogP contribution is -2.18. The fraction of sp³-hybridized carbons (Fsp3) is 0.0417. The number of ether oxygens (including phenoxy) is 1. The van der Waals surface area contributed by atoms with Crippen LogP contribution >= 0.6 is 34.2 Å². The Bertz CT molecular complexity index is 1280. The van der Waals surface area contributed by atoms with Gasteiger partial charge in [0.25, 0.3) is 5.91 Å². The molecule has 4 aromatic rings. The Morgan fingerprint density at radius 3 is 2.71 bits per heavy atom. The van der Waals surface area contributed by atoms with E-state index in [1.165, 1.54) is 17.0 Å². The molecule has 0 spiro atoms. The lowest BCUT2D eigenvalue weighted by molar-refractivity contribution is 0.0955. The molecular formula is C24H17ClIN3O2. The van der Waals surface area contributed by atoms with Crippen LogP contribution in [0.1, 0.15) is 21.5 Å². The smallest absolute Gasteiger partial charge is 0.274 e. The largest absolute Gasteiger partial charge is 0.488 e. The third-order valence-electron chi connectivity index (χ3n) is 4.55. The topological polar surface area (TPSA) is 63.6 Å². The maximum absolute atomic E-state index is 12.1. The van der Waals surface area contributed by atoms with Crippen molar-refractivity contribution in [3.05, 3.63) is 104 Å². The molecule has 1 aromatic heterocycles. The van der Waals surface area contributed by atoms with E-state index in [1.807, 2.05) is 30.3 Å². The Labute approximate surface area is 198 Å². The molecule has 0 unspecified atom stereocenters. The zero-order valence-electron chi connectivity index (χ0n) is 16.3. The van der Waals surface area contributed by atoms with E-state index >= 15 is 0 Å². The van der Waals surface area contributed by atoms with E-state index in [4.69, 9.17) is 16.3 Å². The number of carbonyl (C=O) groups is 1. The second-order valence-electron chi connectivity index (χ2n) is 6.70.